The van der Waals surface area contributed by atoms with Crippen molar-refractivity contribution in [2.75, 3.05) is 18.4 Å². The van der Waals surface area contributed by atoms with Crippen LogP contribution in [0.5, 0.6) is 0 Å². The quantitative estimate of drug-likeness (QED) is 0.597. The van der Waals surface area contributed by atoms with Crippen LogP contribution in [0.25, 0.3) is 0 Å². The second-order valence-electron chi connectivity index (χ2n) is 5.84. The average Bonchev–Trinajstić information content (AvgIpc) is 3.17. The second-order valence-corrected chi connectivity index (χ2v) is 5.84. The Balaban J connectivity index is 1.72. The Morgan fingerprint density at radius 3 is 2.85 bits per heavy atom. The number of non-ortho nitro benzene ring substituents is 1. The number of nitro benzene ring substituents is 1. The molecule has 1 fully saturated rings. The van der Waals surface area contributed by atoms with E-state index in [0.717, 1.165) is 0 Å². The molecule has 3 amide bonds. The molecule has 27 heavy (non-hydrogen) atoms. The van der Waals surface area contributed by atoms with Crippen LogP contribution in [-0.4, -0.2) is 46.7 Å². The van der Waals surface area contributed by atoms with E-state index in [1.807, 2.05) is 0 Å². The number of nitro groups is 1. The van der Waals surface area contributed by atoms with Crippen LogP contribution in [0.4, 0.5) is 11.4 Å². The van der Waals surface area contributed by atoms with Crippen molar-refractivity contribution < 1.29 is 23.7 Å². The lowest BCUT2D eigenvalue weighted by atomic mass is 10.1. The van der Waals surface area contributed by atoms with E-state index in [1.54, 1.807) is 6.07 Å². The summed E-state index contributed by atoms with van der Waals surface area (Å²) in [6.45, 7) is 0.508. The van der Waals surface area contributed by atoms with E-state index in [2.05, 4.69) is 10.6 Å². The number of piperazine rings is 1. The summed E-state index contributed by atoms with van der Waals surface area (Å²) in [4.78, 5) is 48.6. The molecule has 0 saturated carbocycles. The lowest BCUT2D eigenvalue weighted by Gasteiger charge is -2.34. The largest absolute Gasteiger partial charge is 0.459 e. The first-order chi connectivity index (χ1) is 13.0. The van der Waals surface area contributed by atoms with E-state index in [1.165, 1.54) is 41.5 Å². The summed E-state index contributed by atoms with van der Waals surface area (Å²) in [6.07, 6.45) is 1.06. The number of nitrogens with one attached hydrogen (secondary N) is 2. The number of furan rings is 1. The summed E-state index contributed by atoms with van der Waals surface area (Å²) in [7, 11) is 0. The Morgan fingerprint density at radius 2 is 2.15 bits per heavy atom. The molecule has 0 radical (unpaired) electrons. The number of carbonyl (C=O) groups is 3. The molecule has 3 rings (SSSR count). The van der Waals surface area contributed by atoms with E-state index < -0.39 is 28.7 Å². The van der Waals surface area contributed by atoms with Crippen LogP contribution < -0.4 is 10.6 Å². The van der Waals surface area contributed by atoms with Crippen molar-refractivity contribution in [3.8, 4) is 0 Å². The van der Waals surface area contributed by atoms with E-state index in [9.17, 15) is 24.5 Å². The fourth-order valence-electron chi connectivity index (χ4n) is 2.79. The third kappa shape index (κ3) is 4.11. The number of benzene rings is 1. The Hall–Kier alpha value is -3.69. The lowest BCUT2D eigenvalue weighted by molar-refractivity contribution is -0.384. The van der Waals surface area contributed by atoms with Gasteiger partial charge in [-0.25, -0.2) is 0 Å². The number of amides is 3. The molecule has 10 heteroatoms. The highest BCUT2D eigenvalue weighted by Crippen LogP contribution is 2.19. The molecule has 0 unspecified atom stereocenters. The van der Waals surface area contributed by atoms with Gasteiger partial charge in [-0.2, -0.15) is 0 Å². The Morgan fingerprint density at radius 1 is 1.33 bits per heavy atom. The molecule has 2 heterocycles. The summed E-state index contributed by atoms with van der Waals surface area (Å²) in [5.41, 5.74) is 0.0622. The van der Waals surface area contributed by atoms with Gasteiger partial charge in [-0.1, -0.05) is 6.07 Å². The molecule has 2 N–H and O–H groups in total. The zero-order valence-electron chi connectivity index (χ0n) is 14.1. The van der Waals surface area contributed by atoms with Gasteiger partial charge in [0, 0.05) is 30.9 Å². The third-order valence-electron chi connectivity index (χ3n) is 4.04. The van der Waals surface area contributed by atoms with Crippen molar-refractivity contribution in [3.05, 3.63) is 58.5 Å². The summed E-state index contributed by atoms with van der Waals surface area (Å²) in [5.74, 6) is -1.40. The van der Waals surface area contributed by atoms with Crippen molar-refractivity contribution in [1.82, 2.24) is 10.2 Å². The molecule has 1 aromatic heterocycles. The molecular weight excluding hydrogens is 356 g/mol. The SMILES string of the molecule is O=C(C[C@H]1C(=O)NCCN1C(=O)c1ccco1)Nc1cccc([N+](=O)[O-])c1. The van der Waals surface area contributed by atoms with Crippen LogP contribution in [0, 0.1) is 10.1 Å². The first-order valence-electron chi connectivity index (χ1n) is 8.12. The maximum Gasteiger partial charge on any atom is 0.290 e. The lowest BCUT2D eigenvalue weighted by Crippen LogP contribution is -2.58. The summed E-state index contributed by atoms with van der Waals surface area (Å²) < 4.78 is 5.08. The molecule has 0 aliphatic carbocycles. The fraction of sp³-hybridized carbons (Fsp3) is 0.235. The maximum absolute atomic E-state index is 12.5. The number of nitrogens with zero attached hydrogens (tertiary/aromatic N) is 2. The van der Waals surface area contributed by atoms with E-state index in [-0.39, 0.29) is 36.6 Å². The maximum atomic E-state index is 12.5. The average molecular weight is 372 g/mol. The van der Waals surface area contributed by atoms with Crippen LogP contribution in [0.1, 0.15) is 17.0 Å². The number of hydrogen-bond donors (Lipinski definition) is 2. The molecule has 1 atom stereocenters. The van der Waals surface area contributed by atoms with E-state index in [4.69, 9.17) is 4.42 Å². The van der Waals surface area contributed by atoms with Gasteiger partial charge in [-0.05, 0) is 18.2 Å². The zero-order valence-corrected chi connectivity index (χ0v) is 14.1. The van der Waals surface area contributed by atoms with Gasteiger partial charge in [0.2, 0.25) is 11.8 Å². The van der Waals surface area contributed by atoms with Crippen molar-refractivity contribution >= 4 is 29.1 Å². The van der Waals surface area contributed by atoms with Crippen molar-refractivity contribution in [2.24, 2.45) is 0 Å². The number of carbonyl (C=O) groups excluding carboxylic acids is 3. The predicted molar refractivity (Wildman–Crippen MR) is 92.9 cm³/mol. The van der Waals surface area contributed by atoms with Gasteiger partial charge in [0.1, 0.15) is 6.04 Å². The van der Waals surface area contributed by atoms with Gasteiger partial charge >= 0.3 is 0 Å². The first kappa shape index (κ1) is 18.1. The van der Waals surface area contributed by atoms with Crippen molar-refractivity contribution in [3.63, 3.8) is 0 Å². The first-order valence-corrected chi connectivity index (χ1v) is 8.12. The van der Waals surface area contributed by atoms with Gasteiger partial charge in [-0.3, -0.25) is 24.5 Å². The molecule has 10 nitrogen and oxygen atoms in total. The minimum absolute atomic E-state index is 0.0776. The topological polar surface area (TPSA) is 135 Å². The summed E-state index contributed by atoms with van der Waals surface area (Å²) >= 11 is 0. The minimum atomic E-state index is -1.00. The molecule has 1 aliphatic heterocycles. The van der Waals surface area contributed by atoms with Gasteiger partial charge < -0.3 is 20.0 Å². The third-order valence-corrected chi connectivity index (χ3v) is 4.04. The highest BCUT2D eigenvalue weighted by Gasteiger charge is 2.36. The van der Waals surface area contributed by atoms with Gasteiger partial charge in [0.05, 0.1) is 17.6 Å². The summed E-state index contributed by atoms with van der Waals surface area (Å²) in [5, 5.41) is 16.0. The highest BCUT2D eigenvalue weighted by molar-refractivity contribution is 6.00. The zero-order chi connectivity index (χ0) is 19.4. The monoisotopic (exact) mass is 372 g/mol. The predicted octanol–water partition coefficient (Wildman–Crippen LogP) is 1.16. The Labute approximate surface area is 153 Å². The Kier molecular flexibility index (Phi) is 5.15. The fourth-order valence-corrected chi connectivity index (χ4v) is 2.79. The van der Waals surface area contributed by atoms with Crippen molar-refractivity contribution in [2.45, 2.75) is 12.5 Å². The van der Waals surface area contributed by atoms with Crippen LogP contribution in [-0.2, 0) is 9.59 Å². The van der Waals surface area contributed by atoms with Gasteiger partial charge in [-0.15, -0.1) is 0 Å². The van der Waals surface area contributed by atoms with Crippen LogP contribution in [0.2, 0.25) is 0 Å². The van der Waals surface area contributed by atoms with Crippen LogP contribution >= 0.6 is 0 Å². The molecular formula is C17H16N4O6. The molecule has 1 aromatic carbocycles. The molecule has 0 bridgehead atoms. The number of rotatable bonds is 5. The molecule has 140 valence electrons. The normalized spacial score (nSPS) is 16.5. The minimum Gasteiger partial charge on any atom is -0.459 e. The number of anilines is 1. The standard InChI is InChI=1S/C17H16N4O6/c22-15(19-11-3-1-4-12(9-11)21(25)26)10-13-16(23)18-6-7-20(13)17(24)14-5-2-8-27-14/h1-5,8-9,13H,6-7,10H2,(H,18,23)(H,19,22)/t13-/m0/s1. The smallest absolute Gasteiger partial charge is 0.290 e. The number of hydrogen-bond acceptors (Lipinski definition) is 6. The van der Waals surface area contributed by atoms with Crippen LogP contribution in [0.15, 0.2) is 47.1 Å². The van der Waals surface area contributed by atoms with E-state index in [0.29, 0.717) is 0 Å². The van der Waals surface area contributed by atoms with E-state index >= 15 is 0 Å². The Bertz CT molecular complexity index is 879. The van der Waals surface area contributed by atoms with Gasteiger partial charge in [0.25, 0.3) is 11.6 Å². The summed E-state index contributed by atoms with van der Waals surface area (Å²) in [6, 6.07) is 7.48. The molecule has 1 aliphatic rings. The van der Waals surface area contributed by atoms with Crippen LogP contribution in [0.3, 0.4) is 0 Å². The molecule has 2 aromatic rings. The van der Waals surface area contributed by atoms with Gasteiger partial charge in [0.15, 0.2) is 5.76 Å². The molecule has 0 spiro atoms. The second kappa shape index (κ2) is 7.68. The molecule has 1 saturated heterocycles. The highest BCUT2D eigenvalue weighted by atomic mass is 16.6. The van der Waals surface area contributed by atoms with Crippen molar-refractivity contribution in [1.29, 1.82) is 0 Å².